The Bertz CT molecular complexity index is 2030. The third kappa shape index (κ3) is 2.14. The molecule has 5 aromatic rings. The number of nitro groups is 1. The van der Waals surface area contributed by atoms with Crippen molar-refractivity contribution in [3.05, 3.63) is 103 Å². The van der Waals surface area contributed by atoms with Gasteiger partial charge in [-0.3, -0.25) is 19.7 Å². The second-order valence-electron chi connectivity index (χ2n) is 8.59. The molecule has 0 spiro atoms. The van der Waals surface area contributed by atoms with Crippen molar-refractivity contribution >= 4 is 48.8 Å². The Hall–Kier alpha value is -4.84. The molecule has 1 N–H and O–H groups in total. The van der Waals surface area contributed by atoms with E-state index in [1.165, 1.54) is 12.1 Å². The molecule has 0 unspecified atom stereocenters. The zero-order valence-electron chi connectivity index (χ0n) is 17.5. The topological polar surface area (TPSA) is 97.5 Å². The summed E-state index contributed by atoms with van der Waals surface area (Å²) in [7, 11) is 0. The number of nitro benzene ring substituents is 1. The number of phenols is 1. The summed E-state index contributed by atoms with van der Waals surface area (Å²) in [6.45, 7) is 0. The Kier molecular flexibility index (Phi) is 3.38. The Labute approximate surface area is 190 Å². The van der Waals surface area contributed by atoms with Crippen LogP contribution in [0, 0.1) is 10.1 Å². The molecular weight excluding hydrogens is 430 g/mol. The summed E-state index contributed by atoms with van der Waals surface area (Å²) < 4.78 is 0. The van der Waals surface area contributed by atoms with Gasteiger partial charge in [0.25, 0.3) is 5.69 Å². The summed E-state index contributed by atoms with van der Waals surface area (Å²) in [6, 6.07) is 20.1. The highest BCUT2D eigenvalue weighted by Gasteiger charge is 2.28. The third-order valence-corrected chi connectivity index (χ3v) is 6.92. The minimum absolute atomic E-state index is 0.00374. The Morgan fingerprint density at radius 2 is 1.18 bits per heavy atom. The molecule has 0 saturated carbocycles. The standard InChI is InChI=1S/C28H13NO5/c30-26-16-3-1-5-18-22(16)25-23-17(26)4-2-6-19(23)28(32)21-12-14(11-20(24(21)25)27(18)31)13-7-9-15(10-8-13)29(33)34/h1-12,31H. The minimum Gasteiger partial charge on any atom is -0.507 e. The van der Waals surface area contributed by atoms with Crippen molar-refractivity contribution in [1.29, 1.82) is 0 Å². The lowest BCUT2D eigenvalue weighted by molar-refractivity contribution is -0.384. The highest BCUT2D eigenvalue weighted by molar-refractivity contribution is 6.32. The molecule has 34 heavy (non-hydrogen) atoms. The van der Waals surface area contributed by atoms with E-state index >= 15 is 0 Å². The van der Waals surface area contributed by atoms with E-state index in [0.29, 0.717) is 59.8 Å². The highest BCUT2D eigenvalue weighted by atomic mass is 16.6. The van der Waals surface area contributed by atoms with Crippen molar-refractivity contribution in [3.63, 3.8) is 0 Å². The largest absolute Gasteiger partial charge is 0.507 e. The van der Waals surface area contributed by atoms with Crippen LogP contribution in [0.3, 0.4) is 0 Å². The molecule has 0 heterocycles. The molecule has 0 atom stereocenters. The molecule has 0 amide bonds. The zero-order chi connectivity index (χ0) is 23.3. The summed E-state index contributed by atoms with van der Waals surface area (Å²) in [4.78, 5) is 37.6. The molecule has 5 aromatic carbocycles. The molecule has 160 valence electrons. The molecular formula is C28H13NO5. The number of aromatic hydroxyl groups is 1. The normalized spacial score (nSPS) is 12.1. The van der Waals surface area contributed by atoms with Crippen LogP contribution in [0.5, 0.6) is 5.75 Å². The smallest absolute Gasteiger partial charge is 0.269 e. The van der Waals surface area contributed by atoms with Crippen LogP contribution in [-0.2, 0) is 0 Å². The second-order valence-corrected chi connectivity index (χ2v) is 8.59. The van der Waals surface area contributed by atoms with Crippen LogP contribution in [0.2, 0.25) is 0 Å². The Morgan fingerprint density at radius 1 is 0.618 bits per heavy atom. The van der Waals surface area contributed by atoms with Crippen molar-refractivity contribution in [2.24, 2.45) is 0 Å². The first-order valence-electron chi connectivity index (χ1n) is 10.7. The first kappa shape index (κ1) is 18.7. The average Bonchev–Trinajstić information content (AvgIpc) is 2.86. The van der Waals surface area contributed by atoms with E-state index in [9.17, 15) is 24.8 Å². The molecule has 0 aliphatic heterocycles. The van der Waals surface area contributed by atoms with Gasteiger partial charge < -0.3 is 5.11 Å². The predicted octanol–water partition coefficient (Wildman–Crippen LogP) is 5.72. The Balaban J connectivity index is 1.74. The van der Waals surface area contributed by atoms with E-state index in [4.69, 9.17) is 0 Å². The van der Waals surface area contributed by atoms with Crippen molar-refractivity contribution in [2.75, 3.05) is 0 Å². The number of nitrogens with zero attached hydrogens (tertiary/aromatic N) is 1. The van der Waals surface area contributed by atoms with Crippen molar-refractivity contribution in [3.8, 4) is 28.0 Å². The lowest BCUT2D eigenvalue weighted by atomic mass is 9.80. The van der Waals surface area contributed by atoms with Gasteiger partial charge in [0, 0.05) is 66.3 Å². The maximum atomic E-state index is 13.7. The molecule has 2 aliphatic carbocycles. The predicted molar refractivity (Wildman–Crippen MR) is 133 cm³/mol. The quantitative estimate of drug-likeness (QED) is 0.160. The minimum atomic E-state index is -0.465. The van der Waals surface area contributed by atoms with Crippen LogP contribution in [0.25, 0.3) is 65.3 Å². The van der Waals surface area contributed by atoms with Gasteiger partial charge in [-0.25, -0.2) is 0 Å². The molecule has 0 fully saturated rings. The number of non-ortho nitro benzene ring substituents is 1. The van der Waals surface area contributed by atoms with Crippen molar-refractivity contribution < 1.29 is 10.0 Å². The molecule has 2 aliphatic rings. The number of hydrogen-bond donors (Lipinski definition) is 1. The zero-order valence-corrected chi connectivity index (χ0v) is 17.5. The average molecular weight is 443 g/mol. The van der Waals surface area contributed by atoms with Crippen LogP contribution in [0.1, 0.15) is 0 Å². The van der Waals surface area contributed by atoms with Gasteiger partial charge in [0.05, 0.1) is 4.92 Å². The first-order valence-corrected chi connectivity index (χ1v) is 10.7. The SMILES string of the molecule is O=c1c2cccc3c2-c2c4c(cccc14)c(O)c1cc(-c4ccc([N+](=O)[O-])cc4)cc(c3=O)c21. The van der Waals surface area contributed by atoms with E-state index in [-0.39, 0.29) is 22.3 Å². The lowest BCUT2D eigenvalue weighted by Crippen LogP contribution is -2.13. The van der Waals surface area contributed by atoms with Crippen LogP contribution < -0.4 is 10.9 Å². The van der Waals surface area contributed by atoms with Gasteiger partial charge in [-0.1, -0.05) is 36.4 Å². The fourth-order valence-corrected chi connectivity index (χ4v) is 5.44. The molecule has 7 rings (SSSR count). The van der Waals surface area contributed by atoms with Gasteiger partial charge in [0.15, 0.2) is 10.9 Å². The summed E-state index contributed by atoms with van der Waals surface area (Å²) in [5.41, 5.74) is 2.37. The summed E-state index contributed by atoms with van der Waals surface area (Å²) >= 11 is 0. The van der Waals surface area contributed by atoms with E-state index in [1.54, 1.807) is 60.7 Å². The van der Waals surface area contributed by atoms with Gasteiger partial charge in [0.1, 0.15) is 5.75 Å². The van der Waals surface area contributed by atoms with E-state index in [1.807, 2.05) is 0 Å². The summed E-state index contributed by atoms with van der Waals surface area (Å²) in [5, 5.41) is 26.6. The molecule has 6 heteroatoms. The van der Waals surface area contributed by atoms with Crippen LogP contribution in [0.4, 0.5) is 5.69 Å². The number of benzene rings is 7. The molecule has 6 nitrogen and oxygen atoms in total. The number of hydrogen-bond acceptors (Lipinski definition) is 5. The summed E-state index contributed by atoms with van der Waals surface area (Å²) in [6.07, 6.45) is 0. The number of rotatable bonds is 2. The van der Waals surface area contributed by atoms with E-state index in [2.05, 4.69) is 0 Å². The first-order chi connectivity index (χ1) is 16.5. The second kappa shape index (κ2) is 6.14. The molecule has 0 bridgehead atoms. The Morgan fingerprint density at radius 3 is 1.85 bits per heavy atom. The van der Waals surface area contributed by atoms with Gasteiger partial charge in [-0.2, -0.15) is 0 Å². The van der Waals surface area contributed by atoms with E-state index in [0.717, 1.165) is 5.56 Å². The maximum Gasteiger partial charge on any atom is 0.269 e. The van der Waals surface area contributed by atoms with Crippen LogP contribution >= 0.6 is 0 Å². The van der Waals surface area contributed by atoms with Crippen molar-refractivity contribution in [1.82, 2.24) is 0 Å². The molecule has 0 radical (unpaired) electrons. The highest BCUT2D eigenvalue weighted by Crippen LogP contribution is 2.50. The lowest BCUT2D eigenvalue weighted by Gasteiger charge is -2.22. The van der Waals surface area contributed by atoms with Crippen LogP contribution in [0.15, 0.2) is 82.4 Å². The van der Waals surface area contributed by atoms with Gasteiger partial charge in [-0.05, 0) is 35.4 Å². The molecule has 0 aromatic heterocycles. The summed E-state index contributed by atoms with van der Waals surface area (Å²) in [5.74, 6) is 0.00374. The monoisotopic (exact) mass is 443 g/mol. The third-order valence-electron chi connectivity index (χ3n) is 6.92. The number of phenolic OH excluding ortho intramolecular Hbond substituents is 1. The molecule has 0 saturated heterocycles. The van der Waals surface area contributed by atoms with Gasteiger partial charge in [-0.15, -0.1) is 0 Å². The fraction of sp³-hybridized carbons (Fsp3) is 0. The van der Waals surface area contributed by atoms with E-state index < -0.39 is 4.92 Å². The fourth-order valence-electron chi connectivity index (χ4n) is 5.44. The van der Waals surface area contributed by atoms with Gasteiger partial charge >= 0.3 is 0 Å². The maximum absolute atomic E-state index is 13.7. The van der Waals surface area contributed by atoms with Crippen molar-refractivity contribution in [2.45, 2.75) is 0 Å². The van der Waals surface area contributed by atoms with Gasteiger partial charge in [0.2, 0.25) is 0 Å². The van der Waals surface area contributed by atoms with Crippen LogP contribution in [-0.4, -0.2) is 10.0 Å².